The molecule has 6 heteroatoms. The average molecular weight is 310 g/mol. The van der Waals surface area contributed by atoms with Gasteiger partial charge in [-0.05, 0) is 28.1 Å². The summed E-state index contributed by atoms with van der Waals surface area (Å²) < 4.78 is 13.3. The van der Waals surface area contributed by atoms with Crippen LogP contribution in [0.4, 0.5) is 0 Å². The highest BCUT2D eigenvalue weighted by Crippen LogP contribution is 2.35. The smallest absolute Gasteiger partial charge is 0.142 e. The van der Waals surface area contributed by atoms with Crippen LogP contribution in [0, 0.1) is 0 Å². The predicted octanol–water partition coefficient (Wildman–Crippen LogP) is 2.29. The zero-order chi connectivity index (χ0) is 12.5. The number of aromatic nitrogens is 3. The Morgan fingerprint density at radius 1 is 1.44 bits per heavy atom. The van der Waals surface area contributed by atoms with Crippen LogP contribution in [0.3, 0.4) is 0 Å². The third kappa shape index (κ3) is 1.91. The molecule has 0 spiro atoms. The van der Waals surface area contributed by atoms with Crippen molar-refractivity contribution in [3.63, 3.8) is 0 Å². The number of hydrogen-bond donors (Lipinski definition) is 0. The van der Waals surface area contributed by atoms with Crippen molar-refractivity contribution in [1.29, 1.82) is 0 Å². The lowest BCUT2D eigenvalue weighted by Crippen LogP contribution is -2.30. The van der Waals surface area contributed by atoms with Crippen LogP contribution in [-0.2, 0) is 4.74 Å². The average Bonchev–Trinajstić information content (AvgIpc) is 2.75. The van der Waals surface area contributed by atoms with Gasteiger partial charge in [-0.3, -0.25) is 0 Å². The molecule has 1 aromatic heterocycles. The van der Waals surface area contributed by atoms with Gasteiger partial charge in [0.1, 0.15) is 17.5 Å². The number of para-hydroxylation sites is 1. The first kappa shape index (κ1) is 11.7. The standard InChI is InChI=1S/C12H12BrN3O2/c1-17-12-9(3-2-4-10(12)13)11-5-16(15-14-11)8-6-18-7-8/h2-5,8H,6-7H2,1H3. The number of hydrogen-bond acceptors (Lipinski definition) is 4. The molecule has 0 N–H and O–H groups in total. The van der Waals surface area contributed by atoms with Crippen molar-refractivity contribution >= 4 is 15.9 Å². The van der Waals surface area contributed by atoms with Gasteiger partial charge in [-0.25, -0.2) is 4.68 Å². The van der Waals surface area contributed by atoms with Crippen LogP contribution >= 0.6 is 15.9 Å². The summed E-state index contributed by atoms with van der Waals surface area (Å²) in [6, 6.07) is 6.17. The molecule has 18 heavy (non-hydrogen) atoms. The lowest BCUT2D eigenvalue weighted by Gasteiger charge is -2.25. The molecule has 0 radical (unpaired) electrons. The number of nitrogens with zero attached hydrogens (tertiary/aromatic N) is 3. The third-order valence-electron chi connectivity index (χ3n) is 2.95. The zero-order valence-corrected chi connectivity index (χ0v) is 11.4. The van der Waals surface area contributed by atoms with Gasteiger partial charge < -0.3 is 9.47 Å². The van der Waals surface area contributed by atoms with E-state index in [1.807, 2.05) is 29.1 Å². The first-order chi connectivity index (χ1) is 8.79. The summed E-state index contributed by atoms with van der Waals surface area (Å²) in [6.45, 7) is 1.41. The van der Waals surface area contributed by atoms with Crippen molar-refractivity contribution in [3.8, 4) is 17.0 Å². The highest BCUT2D eigenvalue weighted by atomic mass is 79.9. The maximum atomic E-state index is 5.39. The molecule has 5 nitrogen and oxygen atoms in total. The Morgan fingerprint density at radius 2 is 2.28 bits per heavy atom. The maximum absolute atomic E-state index is 5.39. The van der Waals surface area contributed by atoms with E-state index in [1.165, 1.54) is 0 Å². The van der Waals surface area contributed by atoms with E-state index >= 15 is 0 Å². The minimum absolute atomic E-state index is 0.310. The van der Waals surface area contributed by atoms with Crippen LogP contribution < -0.4 is 4.74 Å². The normalized spacial score (nSPS) is 15.4. The minimum Gasteiger partial charge on any atom is -0.495 e. The Hall–Kier alpha value is -1.40. The van der Waals surface area contributed by atoms with Gasteiger partial charge in [0.15, 0.2) is 0 Å². The van der Waals surface area contributed by atoms with Crippen LogP contribution in [0.2, 0.25) is 0 Å². The van der Waals surface area contributed by atoms with Crippen LogP contribution in [0.25, 0.3) is 11.3 Å². The molecule has 0 aliphatic carbocycles. The predicted molar refractivity (Wildman–Crippen MR) is 69.6 cm³/mol. The summed E-state index contributed by atoms with van der Waals surface area (Å²) in [5, 5.41) is 8.33. The van der Waals surface area contributed by atoms with E-state index in [0.717, 1.165) is 21.5 Å². The van der Waals surface area contributed by atoms with Gasteiger partial charge >= 0.3 is 0 Å². The third-order valence-corrected chi connectivity index (χ3v) is 3.58. The summed E-state index contributed by atoms with van der Waals surface area (Å²) >= 11 is 3.47. The molecule has 0 unspecified atom stereocenters. The van der Waals surface area contributed by atoms with Gasteiger partial charge in [0.25, 0.3) is 0 Å². The Balaban J connectivity index is 1.98. The molecule has 2 aromatic rings. The van der Waals surface area contributed by atoms with Gasteiger partial charge in [-0.15, -0.1) is 5.10 Å². The van der Waals surface area contributed by atoms with Crippen LogP contribution in [-0.4, -0.2) is 35.3 Å². The number of rotatable bonds is 3. The van der Waals surface area contributed by atoms with E-state index in [9.17, 15) is 0 Å². The molecule has 0 amide bonds. The fourth-order valence-electron chi connectivity index (χ4n) is 1.87. The van der Waals surface area contributed by atoms with E-state index in [2.05, 4.69) is 26.2 Å². The van der Waals surface area contributed by atoms with Gasteiger partial charge in [0.2, 0.25) is 0 Å². The largest absolute Gasteiger partial charge is 0.495 e. The molecule has 2 heterocycles. The molecule has 0 bridgehead atoms. The first-order valence-corrected chi connectivity index (χ1v) is 6.41. The monoisotopic (exact) mass is 309 g/mol. The van der Waals surface area contributed by atoms with Gasteiger partial charge in [-0.1, -0.05) is 11.3 Å². The quantitative estimate of drug-likeness (QED) is 0.873. The van der Waals surface area contributed by atoms with E-state index in [4.69, 9.17) is 9.47 Å². The second-order valence-electron chi connectivity index (χ2n) is 4.10. The number of halogens is 1. The van der Waals surface area contributed by atoms with E-state index in [-0.39, 0.29) is 0 Å². The number of ether oxygens (including phenoxy) is 2. The summed E-state index contributed by atoms with van der Waals surface area (Å²) in [5.74, 6) is 0.773. The number of methoxy groups -OCH3 is 1. The number of benzene rings is 1. The Labute approximate surface area is 113 Å². The fourth-order valence-corrected chi connectivity index (χ4v) is 2.40. The first-order valence-electron chi connectivity index (χ1n) is 5.62. The molecular weight excluding hydrogens is 298 g/mol. The van der Waals surface area contributed by atoms with Crippen LogP contribution in [0.15, 0.2) is 28.9 Å². The Kier molecular flexibility index (Phi) is 3.05. The maximum Gasteiger partial charge on any atom is 0.142 e. The van der Waals surface area contributed by atoms with Crippen molar-refractivity contribution in [2.75, 3.05) is 20.3 Å². The molecule has 1 aliphatic heterocycles. The van der Waals surface area contributed by atoms with Crippen molar-refractivity contribution < 1.29 is 9.47 Å². The van der Waals surface area contributed by atoms with Crippen molar-refractivity contribution in [1.82, 2.24) is 15.0 Å². The van der Waals surface area contributed by atoms with Gasteiger partial charge in [-0.2, -0.15) is 0 Å². The van der Waals surface area contributed by atoms with E-state index in [0.29, 0.717) is 19.3 Å². The summed E-state index contributed by atoms with van der Waals surface area (Å²) in [4.78, 5) is 0. The van der Waals surface area contributed by atoms with E-state index < -0.39 is 0 Å². The molecule has 94 valence electrons. The molecule has 1 aromatic carbocycles. The zero-order valence-electron chi connectivity index (χ0n) is 9.84. The van der Waals surface area contributed by atoms with Gasteiger partial charge in [0.05, 0.1) is 31.0 Å². The Bertz CT molecular complexity index is 566. The van der Waals surface area contributed by atoms with Crippen molar-refractivity contribution in [3.05, 3.63) is 28.9 Å². The molecule has 1 saturated heterocycles. The molecule has 0 atom stereocenters. The van der Waals surface area contributed by atoms with Crippen LogP contribution in [0.1, 0.15) is 6.04 Å². The fraction of sp³-hybridized carbons (Fsp3) is 0.333. The summed E-state index contributed by atoms with van der Waals surface area (Å²) in [5.41, 5.74) is 1.73. The molecule has 1 fully saturated rings. The van der Waals surface area contributed by atoms with Crippen molar-refractivity contribution in [2.24, 2.45) is 0 Å². The molecule has 3 rings (SSSR count). The van der Waals surface area contributed by atoms with E-state index in [1.54, 1.807) is 7.11 Å². The molecule has 1 aliphatic rings. The highest BCUT2D eigenvalue weighted by Gasteiger charge is 2.22. The van der Waals surface area contributed by atoms with Crippen molar-refractivity contribution in [2.45, 2.75) is 6.04 Å². The Morgan fingerprint density at radius 3 is 2.94 bits per heavy atom. The molecular formula is C12H12BrN3O2. The second kappa shape index (κ2) is 4.70. The lowest BCUT2D eigenvalue weighted by atomic mass is 10.1. The summed E-state index contributed by atoms with van der Waals surface area (Å²) in [6.07, 6.45) is 1.93. The lowest BCUT2D eigenvalue weighted by molar-refractivity contribution is -0.0293. The second-order valence-corrected chi connectivity index (χ2v) is 4.95. The minimum atomic E-state index is 0.310. The SMILES string of the molecule is COc1c(Br)cccc1-c1cn(C2COC2)nn1. The summed E-state index contributed by atoms with van der Waals surface area (Å²) in [7, 11) is 1.65. The molecule has 0 saturated carbocycles. The highest BCUT2D eigenvalue weighted by molar-refractivity contribution is 9.10. The topological polar surface area (TPSA) is 49.2 Å². The van der Waals surface area contributed by atoms with Gasteiger partial charge in [0, 0.05) is 5.56 Å². The van der Waals surface area contributed by atoms with Crippen LogP contribution in [0.5, 0.6) is 5.75 Å².